The van der Waals surface area contributed by atoms with Crippen molar-refractivity contribution in [2.75, 3.05) is 6.54 Å². The predicted octanol–water partition coefficient (Wildman–Crippen LogP) is 5.64. The van der Waals surface area contributed by atoms with Crippen LogP contribution in [0.2, 0.25) is 0 Å². The minimum Gasteiger partial charge on any atom is -0.444 e. The molecule has 3 rings (SSSR count). The third-order valence-electron chi connectivity index (χ3n) is 4.94. The number of aromatic nitrogens is 2. The van der Waals surface area contributed by atoms with E-state index in [0.717, 1.165) is 34.4 Å². The molecule has 27 heavy (non-hydrogen) atoms. The van der Waals surface area contributed by atoms with Crippen molar-refractivity contribution in [3.8, 4) is 11.3 Å². The number of aromatic amines is 1. The second-order valence-corrected chi connectivity index (χ2v) is 9.12. The highest BCUT2D eigenvalue weighted by Crippen LogP contribution is 2.40. The van der Waals surface area contributed by atoms with Crippen molar-refractivity contribution < 1.29 is 9.53 Å². The lowest BCUT2D eigenvalue weighted by atomic mass is 9.92. The molecule has 1 aliphatic carbocycles. The number of rotatable bonds is 5. The first kappa shape index (κ1) is 19.9. The molecular weight excluding hydrogens is 406 g/mol. The molecule has 146 valence electrons. The van der Waals surface area contributed by atoms with Crippen LogP contribution in [-0.2, 0) is 4.74 Å². The number of carbonyl (C=O) groups is 1. The van der Waals surface area contributed by atoms with Gasteiger partial charge in [0, 0.05) is 16.9 Å². The smallest absolute Gasteiger partial charge is 0.407 e. The maximum Gasteiger partial charge on any atom is 0.407 e. The van der Waals surface area contributed by atoms with Crippen molar-refractivity contribution in [1.29, 1.82) is 0 Å². The van der Waals surface area contributed by atoms with Gasteiger partial charge in [-0.05, 0) is 63.6 Å². The molecule has 0 saturated heterocycles. The van der Waals surface area contributed by atoms with Crippen LogP contribution in [0.25, 0.3) is 11.3 Å². The molecule has 0 radical (unpaired) electrons. The summed E-state index contributed by atoms with van der Waals surface area (Å²) in [6.45, 7) is 6.26. The highest BCUT2D eigenvalue weighted by atomic mass is 79.9. The first-order valence-electron chi connectivity index (χ1n) is 9.59. The van der Waals surface area contributed by atoms with Gasteiger partial charge in [0.1, 0.15) is 11.4 Å². The summed E-state index contributed by atoms with van der Waals surface area (Å²) in [5.41, 5.74) is 1.73. The summed E-state index contributed by atoms with van der Waals surface area (Å²) < 4.78 is 6.37. The zero-order valence-corrected chi connectivity index (χ0v) is 17.8. The fourth-order valence-electron chi connectivity index (χ4n) is 3.72. The molecule has 1 amide bonds. The van der Waals surface area contributed by atoms with Crippen LogP contribution < -0.4 is 5.32 Å². The molecule has 0 aliphatic heterocycles. The van der Waals surface area contributed by atoms with Crippen LogP contribution in [0.1, 0.15) is 58.2 Å². The Morgan fingerprint density at radius 1 is 1.30 bits per heavy atom. The van der Waals surface area contributed by atoms with E-state index >= 15 is 0 Å². The van der Waals surface area contributed by atoms with Gasteiger partial charge in [-0.15, -0.1) is 0 Å². The van der Waals surface area contributed by atoms with Crippen LogP contribution in [0.4, 0.5) is 4.79 Å². The quantitative estimate of drug-likeness (QED) is 0.640. The van der Waals surface area contributed by atoms with Gasteiger partial charge in [-0.2, -0.15) is 0 Å². The average Bonchev–Trinajstić information content (AvgIpc) is 3.22. The summed E-state index contributed by atoms with van der Waals surface area (Å²) in [6.07, 6.45) is 6.05. The number of benzene rings is 1. The summed E-state index contributed by atoms with van der Waals surface area (Å²) in [5.74, 6) is 2.02. The average molecular weight is 434 g/mol. The number of imidazole rings is 1. The highest BCUT2D eigenvalue weighted by Gasteiger charge is 2.30. The van der Waals surface area contributed by atoms with Crippen LogP contribution in [0.3, 0.4) is 0 Å². The Labute approximate surface area is 169 Å². The summed E-state index contributed by atoms with van der Waals surface area (Å²) in [4.78, 5) is 20.0. The van der Waals surface area contributed by atoms with E-state index in [4.69, 9.17) is 4.74 Å². The Kier molecular flexibility index (Phi) is 6.25. The van der Waals surface area contributed by atoms with E-state index in [1.807, 2.05) is 39.1 Å². The fraction of sp³-hybridized carbons (Fsp3) is 0.524. The molecule has 5 nitrogen and oxygen atoms in total. The number of hydrogen-bond acceptors (Lipinski definition) is 3. The second-order valence-electron chi connectivity index (χ2n) is 8.20. The lowest BCUT2D eigenvalue weighted by Gasteiger charge is -2.21. The Hall–Kier alpha value is -1.82. The summed E-state index contributed by atoms with van der Waals surface area (Å²) in [5, 5.41) is 2.88. The van der Waals surface area contributed by atoms with Gasteiger partial charge < -0.3 is 15.0 Å². The predicted molar refractivity (Wildman–Crippen MR) is 111 cm³/mol. The topological polar surface area (TPSA) is 67.0 Å². The van der Waals surface area contributed by atoms with E-state index in [2.05, 4.69) is 43.3 Å². The second kappa shape index (κ2) is 8.46. The minimum absolute atomic E-state index is 0.340. The minimum atomic E-state index is -0.461. The summed E-state index contributed by atoms with van der Waals surface area (Å²) in [7, 11) is 0. The van der Waals surface area contributed by atoms with Crippen molar-refractivity contribution >= 4 is 22.0 Å². The van der Waals surface area contributed by atoms with Crippen molar-refractivity contribution in [1.82, 2.24) is 15.3 Å². The van der Waals surface area contributed by atoms with Crippen molar-refractivity contribution in [3.63, 3.8) is 0 Å². The molecule has 1 aromatic heterocycles. The van der Waals surface area contributed by atoms with Crippen molar-refractivity contribution in [2.45, 2.75) is 58.0 Å². The Balaban J connectivity index is 1.57. The normalized spacial score (nSPS) is 19.9. The van der Waals surface area contributed by atoms with Gasteiger partial charge in [0.2, 0.25) is 0 Å². The van der Waals surface area contributed by atoms with Gasteiger partial charge in [-0.25, -0.2) is 9.78 Å². The van der Waals surface area contributed by atoms with Gasteiger partial charge in [-0.3, -0.25) is 0 Å². The van der Waals surface area contributed by atoms with E-state index in [1.165, 1.54) is 12.8 Å². The van der Waals surface area contributed by atoms with Crippen LogP contribution >= 0.6 is 15.9 Å². The third kappa shape index (κ3) is 5.58. The van der Waals surface area contributed by atoms with Crippen LogP contribution in [0.5, 0.6) is 0 Å². The fourth-order valence-corrected chi connectivity index (χ4v) is 3.98. The third-order valence-corrected chi connectivity index (χ3v) is 5.47. The molecule has 2 N–H and O–H groups in total. The lowest BCUT2D eigenvalue weighted by Crippen LogP contribution is -2.33. The molecule has 1 saturated carbocycles. The van der Waals surface area contributed by atoms with E-state index in [-0.39, 0.29) is 6.09 Å². The molecule has 1 aliphatic rings. The van der Waals surface area contributed by atoms with E-state index in [9.17, 15) is 4.79 Å². The van der Waals surface area contributed by atoms with Gasteiger partial charge in [0.15, 0.2) is 0 Å². The maximum absolute atomic E-state index is 11.8. The van der Waals surface area contributed by atoms with Crippen molar-refractivity contribution in [3.05, 3.63) is 40.8 Å². The molecule has 2 atom stereocenters. The number of nitrogens with one attached hydrogen (secondary N) is 2. The molecule has 1 fully saturated rings. The standard InChI is InChI=1S/C21H28BrN3O2/c1-21(2,3)27-20(26)23-12-11-14-5-4-6-17(14)19-24-13-18(25-19)15-7-9-16(22)10-8-15/h7-10,13-14,17H,4-6,11-12H2,1-3H3,(H,23,26)(H,24,25)/t14-,17-/m0/s1. The SMILES string of the molecule is CC(C)(C)OC(=O)NCC[C@@H]1CCC[C@@H]1c1ncc(-c2ccc(Br)cc2)[nH]1. The zero-order chi connectivity index (χ0) is 19.4. The number of hydrogen-bond donors (Lipinski definition) is 2. The van der Waals surface area contributed by atoms with Gasteiger partial charge in [0.25, 0.3) is 0 Å². The molecule has 1 aromatic carbocycles. The molecule has 0 bridgehead atoms. The molecule has 0 unspecified atom stereocenters. The lowest BCUT2D eigenvalue weighted by molar-refractivity contribution is 0.0524. The van der Waals surface area contributed by atoms with Gasteiger partial charge in [-0.1, -0.05) is 34.5 Å². The molecule has 0 spiro atoms. The zero-order valence-electron chi connectivity index (χ0n) is 16.2. The number of alkyl carbamates (subject to hydrolysis) is 1. The van der Waals surface area contributed by atoms with Gasteiger partial charge >= 0.3 is 6.09 Å². The summed E-state index contributed by atoms with van der Waals surface area (Å²) in [6, 6.07) is 8.24. The van der Waals surface area contributed by atoms with Crippen LogP contribution in [0.15, 0.2) is 34.9 Å². The van der Waals surface area contributed by atoms with Gasteiger partial charge in [0.05, 0.1) is 11.9 Å². The van der Waals surface area contributed by atoms with Crippen molar-refractivity contribution in [2.24, 2.45) is 5.92 Å². The largest absolute Gasteiger partial charge is 0.444 e. The maximum atomic E-state index is 11.8. The Bertz CT molecular complexity index is 764. The Morgan fingerprint density at radius 3 is 2.74 bits per heavy atom. The molecule has 1 heterocycles. The number of ether oxygens (including phenoxy) is 1. The first-order chi connectivity index (χ1) is 12.8. The van der Waals surface area contributed by atoms with E-state index in [0.29, 0.717) is 18.4 Å². The first-order valence-corrected chi connectivity index (χ1v) is 10.4. The van der Waals surface area contributed by atoms with Crippen LogP contribution in [-0.4, -0.2) is 28.2 Å². The highest BCUT2D eigenvalue weighted by molar-refractivity contribution is 9.10. The number of nitrogens with zero attached hydrogens (tertiary/aromatic N) is 1. The molecule has 6 heteroatoms. The molecule has 2 aromatic rings. The van der Waals surface area contributed by atoms with E-state index < -0.39 is 5.60 Å². The number of carbonyl (C=O) groups excluding carboxylic acids is 1. The number of amides is 1. The monoisotopic (exact) mass is 433 g/mol. The number of halogens is 1. The number of H-pyrrole nitrogens is 1. The Morgan fingerprint density at radius 2 is 2.04 bits per heavy atom. The van der Waals surface area contributed by atoms with Crippen LogP contribution in [0, 0.1) is 5.92 Å². The summed E-state index contributed by atoms with van der Waals surface area (Å²) >= 11 is 3.47. The van der Waals surface area contributed by atoms with E-state index in [1.54, 1.807) is 0 Å². The molecular formula is C21H28BrN3O2.